The number of nitrogens with zero attached hydrogens (tertiary/aromatic N) is 2. The van der Waals surface area contributed by atoms with Gasteiger partial charge in [0.2, 0.25) is 0 Å². The van der Waals surface area contributed by atoms with E-state index in [-0.39, 0.29) is 11.4 Å². The normalized spacial score (nSPS) is 11.0. The second kappa shape index (κ2) is 7.29. The number of aromatic nitrogens is 2. The molecule has 0 aliphatic rings. The van der Waals surface area contributed by atoms with Crippen molar-refractivity contribution in [3.8, 4) is 11.3 Å². The Balaban J connectivity index is 1.81. The van der Waals surface area contributed by atoms with E-state index in [1.54, 1.807) is 23.6 Å². The zero-order valence-corrected chi connectivity index (χ0v) is 15.3. The number of rotatable bonds is 4. The van der Waals surface area contributed by atoms with Crippen LogP contribution in [-0.4, -0.2) is 15.9 Å². The first-order valence-corrected chi connectivity index (χ1v) is 8.87. The molecular weight excluding hydrogens is 356 g/mol. The third-order valence-electron chi connectivity index (χ3n) is 3.74. The van der Waals surface area contributed by atoms with Crippen LogP contribution in [0.15, 0.2) is 36.5 Å². The molecular formula is C19H17F2N3OS. The molecule has 2 aromatic heterocycles. The van der Waals surface area contributed by atoms with Crippen LogP contribution in [0, 0.1) is 18.6 Å². The van der Waals surface area contributed by atoms with E-state index < -0.39 is 17.5 Å². The van der Waals surface area contributed by atoms with Crippen molar-refractivity contribution in [3.63, 3.8) is 0 Å². The van der Waals surface area contributed by atoms with Gasteiger partial charge in [-0.1, -0.05) is 13.8 Å². The Hall–Kier alpha value is -2.67. The number of carbonyl (C=O) groups is 1. The molecule has 134 valence electrons. The third kappa shape index (κ3) is 3.77. The summed E-state index contributed by atoms with van der Waals surface area (Å²) in [5, 5.41) is 3.49. The summed E-state index contributed by atoms with van der Waals surface area (Å²) in [7, 11) is 0. The van der Waals surface area contributed by atoms with E-state index in [1.165, 1.54) is 4.88 Å². The smallest absolute Gasteiger partial charge is 0.259 e. The second-order valence-electron chi connectivity index (χ2n) is 6.11. The molecule has 0 unspecified atom stereocenters. The van der Waals surface area contributed by atoms with Gasteiger partial charge in [-0.15, -0.1) is 11.3 Å². The first-order chi connectivity index (χ1) is 12.3. The van der Waals surface area contributed by atoms with Gasteiger partial charge in [0.25, 0.3) is 5.91 Å². The molecule has 0 aliphatic heterocycles. The molecule has 3 rings (SSSR count). The van der Waals surface area contributed by atoms with Crippen LogP contribution < -0.4 is 5.32 Å². The van der Waals surface area contributed by atoms with Crippen LogP contribution >= 0.6 is 11.3 Å². The Kier molecular flexibility index (Phi) is 5.08. The number of anilines is 1. The van der Waals surface area contributed by atoms with Gasteiger partial charge in [-0.05, 0) is 37.1 Å². The number of thiazole rings is 1. The van der Waals surface area contributed by atoms with Gasteiger partial charge >= 0.3 is 0 Å². The van der Waals surface area contributed by atoms with E-state index in [2.05, 4.69) is 29.1 Å². The summed E-state index contributed by atoms with van der Waals surface area (Å²) in [6.07, 6.45) is 1.62. The lowest BCUT2D eigenvalue weighted by atomic mass is 10.1. The topological polar surface area (TPSA) is 54.9 Å². The third-order valence-corrected chi connectivity index (χ3v) is 5.01. The first-order valence-electron chi connectivity index (χ1n) is 8.05. The molecule has 2 heterocycles. The minimum absolute atomic E-state index is 0.241. The summed E-state index contributed by atoms with van der Waals surface area (Å²) in [5.41, 5.74) is 1.50. The van der Waals surface area contributed by atoms with Crippen molar-refractivity contribution >= 4 is 23.1 Å². The van der Waals surface area contributed by atoms with Crippen LogP contribution in [0.2, 0.25) is 0 Å². The van der Waals surface area contributed by atoms with Gasteiger partial charge < -0.3 is 5.32 Å². The molecule has 1 aromatic carbocycles. The highest BCUT2D eigenvalue weighted by Crippen LogP contribution is 2.33. The van der Waals surface area contributed by atoms with E-state index in [9.17, 15) is 13.6 Å². The first kappa shape index (κ1) is 18.1. The van der Waals surface area contributed by atoms with E-state index in [0.29, 0.717) is 12.0 Å². The molecule has 0 bridgehead atoms. The fourth-order valence-corrected chi connectivity index (χ4v) is 3.46. The molecule has 0 aliphatic carbocycles. The maximum absolute atomic E-state index is 13.7. The largest absolute Gasteiger partial charge is 0.306 e. The Bertz CT molecular complexity index is 952. The van der Waals surface area contributed by atoms with Crippen molar-refractivity contribution in [2.24, 2.45) is 0 Å². The van der Waals surface area contributed by atoms with Gasteiger partial charge in [-0.3, -0.25) is 4.79 Å². The number of amides is 1. The van der Waals surface area contributed by atoms with E-state index in [0.717, 1.165) is 28.4 Å². The predicted molar refractivity (Wildman–Crippen MR) is 98.5 cm³/mol. The summed E-state index contributed by atoms with van der Waals surface area (Å²) >= 11 is 1.65. The van der Waals surface area contributed by atoms with Gasteiger partial charge in [-0.2, -0.15) is 0 Å². The quantitative estimate of drug-likeness (QED) is 0.687. The summed E-state index contributed by atoms with van der Waals surface area (Å²) in [6, 6.07) is 6.24. The number of halogens is 2. The van der Waals surface area contributed by atoms with Crippen LogP contribution in [0.25, 0.3) is 11.3 Å². The number of carbonyl (C=O) groups excluding carboxylic acids is 1. The molecule has 3 aromatic rings. The number of aryl methyl sites for hydroxylation is 1. The van der Waals surface area contributed by atoms with Crippen molar-refractivity contribution < 1.29 is 13.6 Å². The molecule has 26 heavy (non-hydrogen) atoms. The van der Waals surface area contributed by atoms with E-state index >= 15 is 0 Å². The summed E-state index contributed by atoms with van der Waals surface area (Å²) in [5.74, 6) is -1.72. The van der Waals surface area contributed by atoms with Gasteiger partial charge in [0, 0.05) is 22.7 Å². The average molecular weight is 373 g/mol. The summed E-state index contributed by atoms with van der Waals surface area (Å²) < 4.78 is 26.6. The van der Waals surface area contributed by atoms with Crippen molar-refractivity contribution in [3.05, 3.63) is 63.6 Å². The molecule has 1 amide bonds. The number of hydrogen-bond donors (Lipinski definition) is 1. The minimum Gasteiger partial charge on any atom is -0.306 e. The number of pyridine rings is 1. The van der Waals surface area contributed by atoms with Crippen molar-refractivity contribution in [2.45, 2.75) is 26.7 Å². The van der Waals surface area contributed by atoms with Gasteiger partial charge in [0.05, 0.1) is 16.3 Å². The number of benzene rings is 1. The minimum atomic E-state index is -0.918. The molecule has 0 atom stereocenters. The molecule has 0 spiro atoms. The summed E-state index contributed by atoms with van der Waals surface area (Å²) in [4.78, 5) is 22.1. The van der Waals surface area contributed by atoms with Gasteiger partial charge in [0.1, 0.15) is 17.5 Å². The SMILES string of the molecule is Cc1nc(-c2ccc(NC(=O)c3ccc(F)cc3F)nc2)c(C(C)C)s1. The number of nitrogens with one attached hydrogen (secondary N) is 1. The van der Waals surface area contributed by atoms with Crippen molar-refractivity contribution in [2.75, 3.05) is 5.32 Å². The zero-order valence-electron chi connectivity index (χ0n) is 14.5. The molecule has 0 saturated heterocycles. The Morgan fingerprint density at radius 3 is 2.58 bits per heavy atom. The highest BCUT2D eigenvalue weighted by molar-refractivity contribution is 7.12. The van der Waals surface area contributed by atoms with Gasteiger partial charge in [0.15, 0.2) is 0 Å². The Morgan fingerprint density at radius 2 is 1.96 bits per heavy atom. The predicted octanol–water partition coefficient (Wildman–Crippen LogP) is 5.17. The maximum Gasteiger partial charge on any atom is 0.259 e. The van der Waals surface area contributed by atoms with Crippen LogP contribution in [0.5, 0.6) is 0 Å². The molecule has 0 saturated carbocycles. The Labute approximate surface area is 153 Å². The monoisotopic (exact) mass is 373 g/mol. The molecule has 7 heteroatoms. The molecule has 0 radical (unpaired) electrons. The Morgan fingerprint density at radius 1 is 1.19 bits per heavy atom. The highest BCUT2D eigenvalue weighted by atomic mass is 32.1. The van der Waals surface area contributed by atoms with Crippen molar-refractivity contribution in [1.82, 2.24) is 9.97 Å². The maximum atomic E-state index is 13.7. The van der Waals surface area contributed by atoms with Crippen LogP contribution in [0.3, 0.4) is 0 Å². The number of hydrogen-bond acceptors (Lipinski definition) is 4. The van der Waals surface area contributed by atoms with Crippen LogP contribution in [0.1, 0.15) is 40.0 Å². The highest BCUT2D eigenvalue weighted by Gasteiger charge is 2.16. The summed E-state index contributed by atoms with van der Waals surface area (Å²) in [6.45, 7) is 6.17. The average Bonchev–Trinajstić information content (AvgIpc) is 2.97. The van der Waals surface area contributed by atoms with Crippen LogP contribution in [0.4, 0.5) is 14.6 Å². The lowest BCUT2D eigenvalue weighted by molar-refractivity contribution is 0.102. The van der Waals surface area contributed by atoms with E-state index in [4.69, 9.17) is 0 Å². The second-order valence-corrected chi connectivity index (χ2v) is 7.35. The van der Waals surface area contributed by atoms with Crippen LogP contribution in [-0.2, 0) is 0 Å². The molecule has 1 N–H and O–H groups in total. The van der Waals surface area contributed by atoms with E-state index in [1.807, 2.05) is 13.0 Å². The molecule has 0 fully saturated rings. The molecule has 4 nitrogen and oxygen atoms in total. The lowest BCUT2D eigenvalue weighted by Gasteiger charge is -2.08. The standard InChI is InChI=1S/C19H17F2N3OS/c1-10(2)18-17(23-11(3)26-18)12-4-7-16(22-9-12)24-19(25)14-6-5-13(20)8-15(14)21/h4-10H,1-3H3,(H,22,24,25). The lowest BCUT2D eigenvalue weighted by Crippen LogP contribution is -2.14. The zero-order chi connectivity index (χ0) is 18.8. The fraction of sp³-hybridized carbons (Fsp3) is 0.211. The fourth-order valence-electron chi connectivity index (χ4n) is 2.51. The van der Waals surface area contributed by atoms with Crippen molar-refractivity contribution in [1.29, 1.82) is 0 Å². The van der Waals surface area contributed by atoms with Gasteiger partial charge in [-0.25, -0.2) is 18.7 Å².